The minimum absolute atomic E-state index is 0.241. The van der Waals surface area contributed by atoms with Gasteiger partial charge in [-0.25, -0.2) is 9.07 Å². The maximum absolute atomic E-state index is 13.8. The molecule has 6 nitrogen and oxygen atoms in total. The largest absolute Gasteiger partial charge is 0.354 e. The Kier molecular flexibility index (Phi) is 5.53. The summed E-state index contributed by atoms with van der Waals surface area (Å²) >= 11 is 0. The summed E-state index contributed by atoms with van der Waals surface area (Å²) in [5.41, 5.74) is 0.535. The molecule has 1 amide bonds. The van der Waals surface area contributed by atoms with E-state index in [0.717, 1.165) is 30.7 Å². The number of hydrogen-bond donors (Lipinski definition) is 1. The quantitative estimate of drug-likeness (QED) is 0.715. The molecule has 2 aromatic carbocycles. The molecular formula is C23H25FN4O2. The Labute approximate surface area is 174 Å². The van der Waals surface area contributed by atoms with E-state index >= 15 is 0 Å². The number of nitrogens with one attached hydrogen (secondary N) is 1. The molecule has 2 heterocycles. The number of amides is 1. The SMILES string of the molecule is Cc1ccc(NC(=O)Cn2nc(N3CCC[C@H](C)C3)c3ccccc3c2=O)cc1F. The van der Waals surface area contributed by atoms with Crippen LogP contribution in [0.2, 0.25) is 0 Å². The van der Waals surface area contributed by atoms with Crippen molar-refractivity contribution in [1.29, 1.82) is 0 Å². The minimum Gasteiger partial charge on any atom is -0.354 e. The Morgan fingerprint density at radius 3 is 2.73 bits per heavy atom. The van der Waals surface area contributed by atoms with Gasteiger partial charge in [0.05, 0.1) is 5.39 Å². The van der Waals surface area contributed by atoms with E-state index in [9.17, 15) is 14.0 Å². The standard InChI is InChI=1S/C23H25FN4O2/c1-15-6-5-11-27(13-15)22-18-7-3-4-8-19(18)23(30)28(26-22)14-21(29)25-17-10-9-16(2)20(24)12-17/h3-4,7-10,12,15H,5-6,11,13-14H2,1-2H3,(H,25,29)/t15-/m0/s1. The topological polar surface area (TPSA) is 67.2 Å². The van der Waals surface area contributed by atoms with E-state index in [0.29, 0.717) is 22.6 Å². The van der Waals surface area contributed by atoms with Crippen molar-refractivity contribution in [2.24, 2.45) is 5.92 Å². The van der Waals surface area contributed by atoms with Crippen LogP contribution in [0.4, 0.5) is 15.9 Å². The third kappa shape index (κ3) is 4.06. The number of halogens is 1. The Hall–Kier alpha value is -3.22. The Bertz CT molecular complexity index is 1160. The summed E-state index contributed by atoms with van der Waals surface area (Å²) in [4.78, 5) is 27.7. The molecule has 0 saturated carbocycles. The Balaban J connectivity index is 1.66. The molecule has 1 fully saturated rings. The van der Waals surface area contributed by atoms with Gasteiger partial charge >= 0.3 is 0 Å². The van der Waals surface area contributed by atoms with E-state index in [1.54, 1.807) is 25.1 Å². The monoisotopic (exact) mass is 408 g/mol. The summed E-state index contributed by atoms with van der Waals surface area (Å²) in [6.07, 6.45) is 2.24. The van der Waals surface area contributed by atoms with Crippen molar-refractivity contribution in [3.8, 4) is 0 Å². The first kappa shape index (κ1) is 20.1. The van der Waals surface area contributed by atoms with E-state index < -0.39 is 11.7 Å². The average molecular weight is 408 g/mol. The molecular weight excluding hydrogens is 383 g/mol. The van der Waals surface area contributed by atoms with Crippen LogP contribution >= 0.6 is 0 Å². The number of piperidine rings is 1. The van der Waals surface area contributed by atoms with E-state index in [2.05, 4.69) is 22.2 Å². The van der Waals surface area contributed by atoms with Gasteiger partial charge in [-0.05, 0) is 49.4 Å². The van der Waals surface area contributed by atoms with E-state index in [-0.39, 0.29) is 12.1 Å². The number of carbonyl (C=O) groups excluding carboxylic acids is 1. The zero-order valence-electron chi connectivity index (χ0n) is 17.2. The molecule has 4 rings (SSSR count). The predicted octanol–water partition coefficient (Wildman–Crippen LogP) is 3.72. The first-order chi connectivity index (χ1) is 14.4. The third-order valence-electron chi connectivity index (χ3n) is 5.55. The number of aryl methyl sites for hydroxylation is 1. The first-order valence-corrected chi connectivity index (χ1v) is 10.2. The molecule has 1 atom stereocenters. The zero-order valence-corrected chi connectivity index (χ0v) is 17.2. The lowest BCUT2D eigenvalue weighted by molar-refractivity contribution is -0.117. The second-order valence-corrected chi connectivity index (χ2v) is 8.04. The Morgan fingerprint density at radius 1 is 1.23 bits per heavy atom. The molecule has 0 aliphatic carbocycles. The van der Waals surface area contributed by atoms with Gasteiger partial charge in [0.1, 0.15) is 12.4 Å². The average Bonchev–Trinajstić information content (AvgIpc) is 2.73. The van der Waals surface area contributed by atoms with E-state index in [1.807, 2.05) is 18.2 Å². The van der Waals surface area contributed by atoms with Crippen molar-refractivity contribution in [3.05, 3.63) is 64.2 Å². The number of nitrogens with zero attached hydrogens (tertiary/aromatic N) is 3. The number of benzene rings is 2. The van der Waals surface area contributed by atoms with Gasteiger partial charge in [0, 0.05) is 24.2 Å². The van der Waals surface area contributed by atoms with Crippen LogP contribution in [0, 0.1) is 18.7 Å². The summed E-state index contributed by atoms with van der Waals surface area (Å²) in [6, 6.07) is 11.9. The number of hydrogen-bond acceptors (Lipinski definition) is 4. The van der Waals surface area contributed by atoms with Gasteiger partial charge in [0.25, 0.3) is 5.56 Å². The normalized spacial score (nSPS) is 16.6. The van der Waals surface area contributed by atoms with E-state index in [1.165, 1.54) is 17.2 Å². The second kappa shape index (κ2) is 8.26. The van der Waals surface area contributed by atoms with Crippen LogP contribution in [0.1, 0.15) is 25.3 Å². The maximum Gasteiger partial charge on any atom is 0.275 e. The van der Waals surface area contributed by atoms with Gasteiger partial charge in [0.15, 0.2) is 5.82 Å². The molecule has 0 spiro atoms. The highest BCUT2D eigenvalue weighted by molar-refractivity contribution is 5.93. The molecule has 1 aromatic heterocycles. The molecule has 1 aliphatic heterocycles. The van der Waals surface area contributed by atoms with Crippen LogP contribution in [0.3, 0.4) is 0 Å². The highest BCUT2D eigenvalue weighted by Crippen LogP contribution is 2.26. The fourth-order valence-corrected chi connectivity index (χ4v) is 3.95. The van der Waals surface area contributed by atoms with Crippen molar-refractivity contribution < 1.29 is 9.18 Å². The molecule has 3 aromatic rings. The summed E-state index contributed by atoms with van der Waals surface area (Å²) < 4.78 is 15.0. The minimum atomic E-state index is -0.430. The lowest BCUT2D eigenvalue weighted by Crippen LogP contribution is -2.38. The molecule has 30 heavy (non-hydrogen) atoms. The van der Waals surface area contributed by atoms with E-state index in [4.69, 9.17) is 0 Å². The summed E-state index contributed by atoms with van der Waals surface area (Å²) in [5, 5.41) is 8.55. The molecule has 156 valence electrons. The number of carbonyl (C=O) groups is 1. The van der Waals surface area contributed by atoms with Crippen molar-refractivity contribution >= 4 is 28.2 Å². The lowest BCUT2D eigenvalue weighted by Gasteiger charge is -2.32. The van der Waals surface area contributed by atoms with Crippen LogP contribution in [0.25, 0.3) is 10.8 Å². The molecule has 0 bridgehead atoms. The number of aromatic nitrogens is 2. The smallest absolute Gasteiger partial charge is 0.275 e. The fourth-order valence-electron chi connectivity index (χ4n) is 3.95. The summed E-state index contributed by atoms with van der Waals surface area (Å²) in [6.45, 7) is 5.36. The van der Waals surface area contributed by atoms with Crippen LogP contribution in [-0.4, -0.2) is 28.8 Å². The molecule has 7 heteroatoms. The van der Waals surface area contributed by atoms with Crippen molar-refractivity contribution in [2.45, 2.75) is 33.2 Å². The number of rotatable bonds is 4. The fraction of sp³-hybridized carbons (Fsp3) is 0.348. The Morgan fingerprint density at radius 2 is 2.00 bits per heavy atom. The van der Waals surface area contributed by atoms with Crippen molar-refractivity contribution in [1.82, 2.24) is 9.78 Å². The highest BCUT2D eigenvalue weighted by Gasteiger charge is 2.22. The van der Waals surface area contributed by atoms with Gasteiger partial charge in [-0.2, -0.15) is 5.10 Å². The molecule has 1 N–H and O–H groups in total. The molecule has 0 unspecified atom stereocenters. The lowest BCUT2D eigenvalue weighted by atomic mass is 10.00. The molecule has 1 aliphatic rings. The maximum atomic E-state index is 13.8. The molecule has 0 radical (unpaired) electrons. The highest BCUT2D eigenvalue weighted by atomic mass is 19.1. The van der Waals surface area contributed by atoms with Crippen molar-refractivity contribution in [2.75, 3.05) is 23.3 Å². The second-order valence-electron chi connectivity index (χ2n) is 8.04. The molecule has 1 saturated heterocycles. The van der Waals surface area contributed by atoms with Gasteiger partial charge in [-0.3, -0.25) is 9.59 Å². The van der Waals surface area contributed by atoms with Crippen LogP contribution < -0.4 is 15.8 Å². The zero-order chi connectivity index (χ0) is 21.3. The van der Waals surface area contributed by atoms with Gasteiger partial charge in [-0.15, -0.1) is 0 Å². The van der Waals surface area contributed by atoms with Crippen molar-refractivity contribution in [3.63, 3.8) is 0 Å². The number of anilines is 2. The number of fused-ring (bicyclic) bond motifs is 1. The third-order valence-corrected chi connectivity index (χ3v) is 5.55. The van der Waals surface area contributed by atoms with Crippen LogP contribution in [0.15, 0.2) is 47.3 Å². The van der Waals surface area contributed by atoms with Gasteiger partial charge in [-0.1, -0.05) is 31.2 Å². The van der Waals surface area contributed by atoms with Gasteiger partial charge in [0.2, 0.25) is 5.91 Å². The van der Waals surface area contributed by atoms with Crippen LogP contribution in [0.5, 0.6) is 0 Å². The summed E-state index contributed by atoms with van der Waals surface area (Å²) in [5.74, 6) is 0.446. The van der Waals surface area contributed by atoms with Crippen LogP contribution in [-0.2, 0) is 11.3 Å². The summed E-state index contributed by atoms with van der Waals surface area (Å²) in [7, 11) is 0. The predicted molar refractivity (Wildman–Crippen MR) is 116 cm³/mol. The first-order valence-electron chi connectivity index (χ1n) is 10.2. The van der Waals surface area contributed by atoms with Gasteiger partial charge < -0.3 is 10.2 Å².